The quantitative estimate of drug-likeness (QED) is 0.192. The Bertz CT molecular complexity index is 1020. The molecule has 0 aromatic heterocycles. The zero-order valence-electron chi connectivity index (χ0n) is 24.5. The molecule has 0 bridgehead atoms. The summed E-state index contributed by atoms with van der Waals surface area (Å²) in [7, 11) is 3.82. The van der Waals surface area contributed by atoms with Crippen molar-refractivity contribution in [1.82, 2.24) is 29.8 Å². The highest BCUT2D eigenvalue weighted by atomic mass is 16.4. The molecule has 42 heavy (non-hydrogen) atoms. The van der Waals surface area contributed by atoms with Crippen LogP contribution in [0.2, 0.25) is 0 Å². The molecule has 0 unspecified atom stereocenters. The van der Waals surface area contributed by atoms with Crippen molar-refractivity contribution in [1.29, 1.82) is 0 Å². The number of aliphatic carboxylic acids is 3. The van der Waals surface area contributed by atoms with Gasteiger partial charge in [-0.05, 0) is 19.7 Å². The maximum atomic E-state index is 12.9. The molecule has 1 amide bonds. The number of hydrogen-bond donors (Lipinski definition) is 4. The molecule has 4 N–H and O–H groups in total. The number of carbonyl (C=O) groups excluding carboxylic acids is 2. The monoisotopic (exact) mass is 592 g/mol. The Morgan fingerprint density at radius 3 is 1.40 bits per heavy atom. The predicted molar refractivity (Wildman–Crippen MR) is 154 cm³/mol. The van der Waals surface area contributed by atoms with Crippen molar-refractivity contribution in [3.63, 3.8) is 0 Å². The third kappa shape index (κ3) is 14.5. The van der Waals surface area contributed by atoms with Gasteiger partial charge >= 0.3 is 17.9 Å². The van der Waals surface area contributed by atoms with E-state index in [9.17, 15) is 39.3 Å². The molecule has 0 spiro atoms. The summed E-state index contributed by atoms with van der Waals surface area (Å²) >= 11 is 0. The van der Waals surface area contributed by atoms with E-state index in [1.165, 1.54) is 0 Å². The number of nitrogens with one attached hydrogen (secondary N) is 1. The lowest BCUT2D eigenvalue weighted by atomic mass is 10.1. The number of Topliss-reactive ketones (excluding diaryl/α,β-unsaturated/α-hetero) is 1. The number of hydrogen-bond acceptors (Lipinski definition) is 10. The minimum absolute atomic E-state index is 0.0358. The Morgan fingerprint density at radius 2 is 1.05 bits per heavy atom. The molecule has 1 aliphatic heterocycles. The standard InChI is InChI=1S/C28H44N6O8/c1-30(2)8-7-24(35)23-5-3-22(4-6-23)17-29-25(36)18-31-9-11-32(19-26(37)38)13-15-34(21-28(41)42)16-14-33(12-10-31)20-27(39)40/h3-6H,7-21H2,1-2H3,(H,29,36)(H,37,38)(H,39,40)(H,41,42). The van der Waals surface area contributed by atoms with Crippen LogP contribution >= 0.6 is 0 Å². The van der Waals surface area contributed by atoms with E-state index in [4.69, 9.17) is 0 Å². The Balaban J connectivity index is 2.02. The number of rotatable bonds is 14. The van der Waals surface area contributed by atoms with E-state index in [0.29, 0.717) is 70.9 Å². The van der Waals surface area contributed by atoms with Crippen molar-refractivity contribution < 1.29 is 39.3 Å². The van der Waals surface area contributed by atoms with Gasteiger partial charge in [-0.2, -0.15) is 0 Å². The molecular weight excluding hydrogens is 548 g/mol. The van der Waals surface area contributed by atoms with Crippen LogP contribution in [0, 0.1) is 0 Å². The van der Waals surface area contributed by atoms with Gasteiger partial charge in [0, 0.05) is 77.4 Å². The zero-order chi connectivity index (χ0) is 31.1. The van der Waals surface area contributed by atoms with Gasteiger partial charge in [-0.25, -0.2) is 0 Å². The van der Waals surface area contributed by atoms with Gasteiger partial charge in [0.25, 0.3) is 0 Å². The molecular formula is C28H44N6O8. The summed E-state index contributed by atoms with van der Waals surface area (Å²) in [4.78, 5) is 68.3. The maximum absolute atomic E-state index is 12.9. The van der Waals surface area contributed by atoms with Gasteiger partial charge in [-0.15, -0.1) is 0 Å². The van der Waals surface area contributed by atoms with E-state index in [-0.39, 0.29) is 44.4 Å². The molecule has 234 valence electrons. The second-order valence-corrected chi connectivity index (χ2v) is 10.7. The molecule has 1 aliphatic rings. The van der Waals surface area contributed by atoms with Crippen LogP contribution in [0.4, 0.5) is 0 Å². The molecule has 14 heteroatoms. The van der Waals surface area contributed by atoms with Gasteiger partial charge in [0.05, 0.1) is 26.2 Å². The van der Waals surface area contributed by atoms with Gasteiger partial charge in [0.1, 0.15) is 0 Å². The first-order valence-corrected chi connectivity index (χ1v) is 14.0. The van der Waals surface area contributed by atoms with Crippen molar-refractivity contribution in [3.05, 3.63) is 35.4 Å². The lowest BCUT2D eigenvalue weighted by molar-refractivity contribution is -0.140. The van der Waals surface area contributed by atoms with Crippen LogP contribution in [0.5, 0.6) is 0 Å². The minimum atomic E-state index is -1.02. The Morgan fingerprint density at radius 1 is 0.667 bits per heavy atom. The van der Waals surface area contributed by atoms with Gasteiger partial charge in [0.2, 0.25) is 5.91 Å². The van der Waals surface area contributed by atoms with Crippen LogP contribution in [0.1, 0.15) is 22.3 Å². The van der Waals surface area contributed by atoms with Gasteiger partial charge < -0.3 is 25.5 Å². The molecule has 1 aromatic carbocycles. The molecule has 1 fully saturated rings. The molecule has 2 rings (SSSR count). The summed E-state index contributed by atoms with van der Waals surface area (Å²) in [6, 6.07) is 7.12. The molecule has 1 heterocycles. The molecule has 0 saturated carbocycles. The number of nitrogens with zero attached hydrogens (tertiary/aromatic N) is 5. The average molecular weight is 593 g/mol. The van der Waals surface area contributed by atoms with Crippen LogP contribution < -0.4 is 5.32 Å². The van der Waals surface area contributed by atoms with Crippen LogP contribution in [-0.2, 0) is 25.7 Å². The third-order valence-corrected chi connectivity index (χ3v) is 6.93. The molecule has 0 aliphatic carbocycles. The fourth-order valence-corrected chi connectivity index (χ4v) is 4.52. The first-order chi connectivity index (χ1) is 19.9. The fourth-order valence-electron chi connectivity index (χ4n) is 4.52. The van der Waals surface area contributed by atoms with Crippen molar-refractivity contribution in [2.24, 2.45) is 0 Å². The van der Waals surface area contributed by atoms with Crippen molar-refractivity contribution in [3.8, 4) is 0 Å². The van der Waals surface area contributed by atoms with E-state index in [1.807, 2.05) is 23.9 Å². The van der Waals surface area contributed by atoms with Crippen molar-refractivity contribution in [2.45, 2.75) is 13.0 Å². The van der Waals surface area contributed by atoms with Crippen LogP contribution in [0.3, 0.4) is 0 Å². The molecule has 1 aromatic rings. The molecule has 0 radical (unpaired) electrons. The molecule has 0 atom stereocenters. The van der Waals surface area contributed by atoms with Crippen molar-refractivity contribution in [2.75, 3.05) is 99.2 Å². The van der Waals surface area contributed by atoms with E-state index >= 15 is 0 Å². The highest BCUT2D eigenvalue weighted by molar-refractivity contribution is 5.96. The second kappa shape index (κ2) is 18.2. The summed E-state index contributed by atoms with van der Waals surface area (Å²) in [5.41, 5.74) is 1.46. The van der Waals surface area contributed by atoms with E-state index < -0.39 is 17.9 Å². The van der Waals surface area contributed by atoms with Crippen LogP contribution in [0.15, 0.2) is 24.3 Å². The predicted octanol–water partition coefficient (Wildman–Crippen LogP) is -1.09. The van der Waals surface area contributed by atoms with Crippen LogP contribution in [-0.4, -0.2) is 169 Å². The van der Waals surface area contributed by atoms with Crippen molar-refractivity contribution >= 4 is 29.6 Å². The number of carboxylic acids is 3. The highest BCUT2D eigenvalue weighted by Crippen LogP contribution is 2.08. The first-order valence-electron chi connectivity index (χ1n) is 14.0. The summed E-state index contributed by atoms with van der Waals surface area (Å²) in [6.45, 7) is 2.94. The Labute approximate surface area is 246 Å². The summed E-state index contributed by atoms with van der Waals surface area (Å²) in [5, 5.41) is 30.9. The summed E-state index contributed by atoms with van der Waals surface area (Å²) in [6.07, 6.45) is 0.424. The number of benzene rings is 1. The maximum Gasteiger partial charge on any atom is 0.317 e. The number of carbonyl (C=O) groups is 5. The second-order valence-electron chi connectivity index (χ2n) is 10.7. The average Bonchev–Trinajstić information content (AvgIpc) is 2.91. The number of carboxylic acid groups (broad SMARTS) is 3. The largest absolute Gasteiger partial charge is 0.480 e. The van der Waals surface area contributed by atoms with Gasteiger partial charge in [0.15, 0.2) is 5.78 Å². The number of amides is 1. The Hall–Kier alpha value is -3.43. The minimum Gasteiger partial charge on any atom is -0.480 e. The third-order valence-electron chi connectivity index (χ3n) is 6.93. The van der Waals surface area contributed by atoms with E-state index in [1.54, 1.807) is 39.0 Å². The van der Waals surface area contributed by atoms with E-state index in [2.05, 4.69) is 5.32 Å². The lowest BCUT2D eigenvalue weighted by Gasteiger charge is -2.32. The first kappa shape index (κ1) is 34.8. The van der Waals surface area contributed by atoms with Crippen LogP contribution in [0.25, 0.3) is 0 Å². The smallest absolute Gasteiger partial charge is 0.317 e. The molecule has 14 nitrogen and oxygen atoms in total. The SMILES string of the molecule is CN(C)CCC(=O)c1ccc(CNC(=O)CN2CCN(CC(=O)O)CCN(CC(=O)O)CCN(CC(=O)O)CC2)cc1. The topological polar surface area (TPSA) is 174 Å². The highest BCUT2D eigenvalue weighted by Gasteiger charge is 2.21. The number of ketones is 1. The summed E-state index contributed by atoms with van der Waals surface area (Å²) in [5.74, 6) is -3.21. The molecule has 1 saturated heterocycles. The lowest BCUT2D eigenvalue weighted by Crippen LogP contribution is -2.49. The zero-order valence-corrected chi connectivity index (χ0v) is 24.5. The Kier molecular flexibility index (Phi) is 15.1. The van der Waals surface area contributed by atoms with Gasteiger partial charge in [-0.1, -0.05) is 24.3 Å². The van der Waals surface area contributed by atoms with Gasteiger partial charge in [-0.3, -0.25) is 43.6 Å². The van der Waals surface area contributed by atoms with E-state index in [0.717, 1.165) is 5.56 Å². The normalized spacial score (nSPS) is 16.8. The fraction of sp³-hybridized carbons (Fsp3) is 0.607. The summed E-state index contributed by atoms with van der Waals surface area (Å²) < 4.78 is 0.